The molecule has 2 aromatic rings. The zero-order valence-electron chi connectivity index (χ0n) is 10.6. The highest BCUT2D eigenvalue weighted by Crippen LogP contribution is 2.17. The van der Waals surface area contributed by atoms with Crippen LogP contribution in [0, 0.1) is 0 Å². The summed E-state index contributed by atoms with van der Waals surface area (Å²) in [7, 11) is 0. The van der Waals surface area contributed by atoms with Crippen molar-refractivity contribution in [2.24, 2.45) is 0 Å². The van der Waals surface area contributed by atoms with Crippen molar-refractivity contribution in [1.29, 1.82) is 0 Å². The Kier molecular flexibility index (Phi) is 3.85. The van der Waals surface area contributed by atoms with Gasteiger partial charge in [-0.05, 0) is 30.0 Å². The highest BCUT2D eigenvalue weighted by atomic mass is 16.5. The molecule has 19 heavy (non-hydrogen) atoms. The van der Waals surface area contributed by atoms with Crippen LogP contribution >= 0.6 is 0 Å². The minimum absolute atomic E-state index is 0.0367. The predicted molar refractivity (Wildman–Crippen MR) is 70.9 cm³/mol. The van der Waals surface area contributed by atoms with Crippen molar-refractivity contribution >= 4 is 16.9 Å². The number of aromatic amines is 1. The van der Waals surface area contributed by atoms with Crippen molar-refractivity contribution in [3.8, 4) is 5.75 Å². The molecule has 5 heteroatoms. The van der Waals surface area contributed by atoms with Gasteiger partial charge in [0.25, 0.3) is 5.56 Å². The van der Waals surface area contributed by atoms with E-state index in [2.05, 4.69) is 4.98 Å². The number of phenolic OH excluding ortho intramolecular Hbond substituents is 1. The van der Waals surface area contributed by atoms with Gasteiger partial charge in [-0.2, -0.15) is 0 Å². The molecule has 0 radical (unpaired) electrons. The van der Waals surface area contributed by atoms with Crippen LogP contribution in [0.5, 0.6) is 5.75 Å². The Labute approximate surface area is 109 Å². The van der Waals surface area contributed by atoms with Crippen molar-refractivity contribution in [3.05, 3.63) is 40.2 Å². The number of phenols is 1. The quantitative estimate of drug-likeness (QED) is 0.826. The number of fused-ring (bicyclic) bond motifs is 1. The highest BCUT2D eigenvalue weighted by Gasteiger charge is 2.07. The number of pyridine rings is 1. The molecule has 0 atom stereocenters. The number of aromatic nitrogens is 1. The SMILES string of the molecule is CCCC(=O)OCc1cc2ccc(O)cc2[nH]c1=O. The van der Waals surface area contributed by atoms with E-state index in [1.807, 2.05) is 6.92 Å². The first-order valence-electron chi connectivity index (χ1n) is 6.10. The lowest BCUT2D eigenvalue weighted by atomic mass is 10.1. The Balaban J connectivity index is 2.24. The van der Waals surface area contributed by atoms with E-state index in [4.69, 9.17) is 4.74 Å². The number of nitrogens with one attached hydrogen (secondary N) is 1. The summed E-state index contributed by atoms with van der Waals surface area (Å²) < 4.78 is 5.01. The molecule has 1 heterocycles. The zero-order valence-corrected chi connectivity index (χ0v) is 10.6. The molecule has 0 amide bonds. The Morgan fingerprint density at radius 2 is 2.16 bits per heavy atom. The molecule has 100 valence electrons. The third-order valence-corrected chi connectivity index (χ3v) is 2.75. The fourth-order valence-corrected chi connectivity index (χ4v) is 1.78. The maximum Gasteiger partial charge on any atom is 0.306 e. The van der Waals surface area contributed by atoms with Crippen LogP contribution in [-0.4, -0.2) is 16.1 Å². The number of esters is 1. The first kappa shape index (κ1) is 13.1. The molecule has 0 saturated heterocycles. The smallest absolute Gasteiger partial charge is 0.306 e. The van der Waals surface area contributed by atoms with Crippen LogP contribution in [-0.2, 0) is 16.1 Å². The van der Waals surface area contributed by atoms with Gasteiger partial charge in [0.2, 0.25) is 0 Å². The van der Waals surface area contributed by atoms with Crippen LogP contribution in [0.4, 0.5) is 0 Å². The van der Waals surface area contributed by atoms with E-state index in [0.29, 0.717) is 23.9 Å². The number of benzene rings is 1. The summed E-state index contributed by atoms with van der Waals surface area (Å²) in [6.07, 6.45) is 1.06. The fourth-order valence-electron chi connectivity index (χ4n) is 1.78. The van der Waals surface area contributed by atoms with Crippen molar-refractivity contribution < 1.29 is 14.6 Å². The standard InChI is InChI=1S/C14H15NO4/c1-2-3-13(17)19-8-10-6-9-4-5-11(16)7-12(9)15-14(10)18/h4-7,16H,2-3,8H2,1H3,(H,15,18). The Bertz CT molecular complexity index is 660. The van der Waals surface area contributed by atoms with Gasteiger partial charge in [-0.3, -0.25) is 9.59 Å². The lowest BCUT2D eigenvalue weighted by Crippen LogP contribution is -2.15. The third kappa shape index (κ3) is 3.13. The van der Waals surface area contributed by atoms with Gasteiger partial charge in [0.05, 0.1) is 11.1 Å². The van der Waals surface area contributed by atoms with E-state index in [0.717, 1.165) is 5.39 Å². The van der Waals surface area contributed by atoms with Crippen molar-refractivity contribution in [1.82, 2.24) is 4.98 Å². The Morgan fingerprint density at radius 1 is 1.37 bits per heavy atom. The lowest BCUT2D eigenvalue weighted by molar-refractivity contribution is -0.145. The highest BCUT2D eigenvalue weighted by molar-refractivity contribution is 5.80. The summed E-state index contributed by atoms with van der Waals surface area (Å²) in [6, 6.07) is 6.36. The molecule has 2 N–H and O–H groups in total. The number of carbonyl (C=O) groups is 1. The molecule has 0 bridgehead atoms. The normalized spacial score (nSPS) is 10.6. The van der Waals surface area contributed by atoms with Crippen molar-refractivity contribution in [2.75, 3.05) is 0 Å². The van der Waals surface area contributed by atoms with E-state index < -0.39 is 0 Å². The van der Waals surface area contributed by atoms with Crippen LogP contribution in [0.15, 0.2) is 29.1 Å². The molecule has 5 nitrogen and oxygen atoms in total. The molecule has 0 unspecified atom stereocenters. The Morgan fingerprint density at radius 3 is 2.89 bits per heavy atom. The molecular formula is C14H15NO4. The number of carbonyl (C=O) groups excluding carboxylic acids is 1. The third-order valence-electron chi connectivity index (χ3n) is 2.75. The summed E-state index contributed by atoms with van der Waals surface area (Å²) >= 11 is 0. The summed E-state index contributed by atoms with van der Waals surface area (Å²) in [5.41, 5.74) is 0.624. The summed E-state index contributed by atoms with van der Waals surface area (Å²) in [4.78, 5) is 25.7. The molecule has 1 aromatic carbocycles. The minimum Gasteiger partial charge on any atom is -0.508 e. The molecule has 1 aromatic heterocycles. The molecule has 0 aliphatic heterocycles. The topological polar surface area (TPSA) is 79.4 Å². The van der Waals surface area contributed by atoms with Crippen LogP contribution in [0.25, 0.3) is 10.9 Å². The first-order chi connectivity index (χ1) is 9.10. The van der Waals surface area contributed by atoms with Gasteiger partial charge in [-0.25, -0.2) is 0 Å². The summed E-state index contributed by atoms with van der Waals surface area (Å²) in [5.74, 6) is -0.224. The van der Waals surface area contributed by atoms with Crippen LogP contribution in [0.1, 0.15) is 25.3 Å². The number of hydrogen-bond donors (Lipinski definition) is 2. The van der Waals surface area contributed by atoms with Gasteiger partial charge in [0.15, 0.2) is 0 Å². The molecule has 0 saturated carbocycles. The number of hydrogen-bond acceptors (Lipinski definition) is 4. The average molecular weight is 261 g/mol. The fraction of sp³-hybridized carbons (Fsp3) is 0.286. The molecule has 0 spiro atoms. The maximum absolute atomic E-state index is 11.8. The molecule has 0 aliphatic carbocycles. The predicted octanol–water partition coefficient (Wildman–Crippen LogP) is 2.08. The minimum atomic E-state index is -0.317. The van der Waals surface area contributed by atoms with E-state index in [1.54, 1.807) is 12.1 Å². The average Bonchev–Trinajstić information content (AvgIpc) is 2.36. The first-order valence-corrected chi connectivity index (χ1v) is 6.10. The van der Waals surface area contributed by atoms with Crippen LogP contribution in [0.3, 0.4) is 0 Å². The van der Waals surface area contributed by atoms with E-state index in [-0.39, 0.29) is 23.9 Å². The molecular weight excluding hydrogens is 246 g/mol. The monoisotopic (exact) mass is 261 g/mol. The second-order valence-electron chi connectivity index (χ2n) is 4.31. The van der Waals surface area contributed by atoms with E-state index in [1.165, 1.54) is 12.1 Å². The van der Waals surface area contributed by atoms with Gasteiger partial charge in [-0.15, -0.1) is 0 Å². The Hall–Kier alpha value is -2.30. The molecule has 0 aliphatic rings. The maximum atomic E-state index is 11.8. The zero-order chi connectivity index (χ0) is 13.8. The van der Waals surface area contributed by atoms with Gasteiger partial charge >= 0.3 is 5.97 Å². The van der Waals surface area contributed by atoms with E-state index in [9.17, 15) is 14.7 Å². The summed E-state index contributed by atoms with van der Waals surface area (Å²) in [5, 5.41) is 10.1. The second-order valence-corrected chi connectivity index (χ2v) is 4.31. The molecule has 2 rings (SSSR count). The van der Waals surface area contributed by atoms with Crippen LogP contribution in [0.2, 0.25) is 0 Å². The van der Waals surface area contributed by atoms with Gasteiger partial charge in [-0.1, -0.05) is 6.92 Å². The van der Waals surface area contributed by atoms with Crippen molar-refractivity contribution in [3.63, 3.8) is 0 Å². The van der Waals surface area contributed by atoms with Gasteiger partial charge in [0, 0.05) is 12.5 Å². The van der Waals surface area contributed by atoms with Crippen molar-refractivity contribution in [2.45, 2.75) is 26.4 Å². The number of rotatable bonds is 4. The number of aromatic hydroxyl groups is 1. The number of ether oxygens (including phenoxy) is 1. The largest absolute Gasteiger partial charge is 0.508 e. The lowest BCUT2D eigenvalue weighted by Gasteiger charge is -2.05. The number of H-pyrrole nitrogens is 1. The van der Waals surface area contributed by atoms with Gasteiger partial charge in [0.1, 0.15) is 12.4 Å². The summed E-state index contributed by atoms with van der Waals surface area (Å²) in [6.45, 7) is 1.85. The van der Waals surface area contributed by atoms with Gasteiger partial charge < -0.3 is 14.8 Å². The van der Waals surface area contributed by atoms with Crippen LogP contribution < -0.4 is 5.56 Å². The molecule has 0 fully saturated rings. The second kappa shape index (κ2) is 5.56. The van der Waals surface area contributed by atoms with E-state index >= 15 is 0 Å².